The molecule has 0 aliphatic heterocycles. The molecular formula is C14H19BO4S. The average Bonchev–Trinajstić information content (AvgIpc) is 2.98. The molecule has 108 valence electrons. The summed E-state index contributed by atoms with van der Waals surface area (Å²) in [5.74, 6) is 0. The first-order chi connectivity index (χ1) is 9.21. The standard InChI is InChI=1S/C14H19BO4S/c1-13(2,16)14(3,4)19-15(17)12-7-11(9-20-12)10-5-6-18-8-10/h5-9,16-17H,1-4H3. The van der Waals surface area contributed by atoms with Crippen LogP contribution in [-0.2, 0) is 4.65 Å². The lowest BCUT2D eigenvalue weighted by molar-refractivity contribution is -0.0981. The third-order valence-electron chi connectivity index (χ3n) is 3.60. The van der Waals surface area contributed by atoms with Crippen LogP contribution in [0.25, 0.3) is 11.1 Å². The molecule has 2 aromatic rings. The minimum absolute atomic E-state index is 0.693. The molecule has 0 radical (unpaired) electrons. The summed E-state index contributed by atoms with van der Waals surface area (Å²) in [7, 11) is -1.07. The lowest BCUT2D eigenvalue weighted by Gasteiger charge is -2.38. The van der Waals surface area contributed by atoms with Crippen LogP contribution in [0.4, 0.5) is 0 Å². The van der Waals surface area contributed by atoms with Gasteiger partial charge in [0.05, 0.1) is 23.7 Å². The van der Waals surface area contributed by atoms with Crippen LogP contribution in [0.5, 0.6) is 0 Å². The van der Waals surface area contributed by atoms with Crippen LogP contribution in [0.2, 0.25) is 0 Å². The maximum atomic E-state index is 10.2. The predicted octanol–water partition coefficient (Wildman–Crippen LogP) is 2.26. The number of rotatable bonds is 5. The zero-order chi connectivity index (χ0) is 15.0. The summed E-state index contributed by atoms with van der Waals surface area (Å²) >= 11 is 1.41. The van der Waals surface area contributed by atoms with Gasteiger partial charge in [0, 0.05) is 10.3 Å². The van der Waals surface area contributed by atoms with Gasteiger partial charge in [0.2, 0.25) is 0 Å². The number of hydrogen-bond acceptors (Lipinski definition) is 5. The molecule has 0 bridgehead atoms. The van der Waals surface area contributed by atoms with Crippen molar-refractivity contribution in [3.8, 4) is 11.1 Å². The zero-order valence-electron chi connectivity index (χ0n) is 12.1. The van der Waals surface area contributed by atoms with Crippen molar-refractivity contribution in [3.63, 3.8) is 0 Å². The molecule has 0 aliphatic rings. The van der Waals surface area contributed by atoms with E-state index in [1.807, 2.05) is 17.5 Å². The van der Waals surface area contributed by atoms with E-state index in [1.165, 1.54) is 11.3 Å². The van der Waals surface area contributed by atoms with E-state index < -0.39 is 18.3 Å². The molecule has 0 aromatic carbocycles. The molecule has 0 saturated heterocycles. The lowest BCUT2D eigenvalue weighted by Crippen LogP contribution is -2.52. The summed E-state index contributed by atoms with van der Waals surface area (Å²) in [4.78, 5) is 0. The summed E-state index contributed by atoms with van der Waals surface area (Å²) in [6, 6.07) is 3.72. The number of hydrogen-bond donors (Lipinski definition) is 2. The molecule has 4 nitrogen and oxygen atoms in total. The van der Waals surface area contributed by atoms with Gasteiger partial charge >= 0.3 is 7.12 Å². The van der Waals surface area contributed by atoms with E-state index in [-0.39, 0.29) is 0 Å². The Morgan fingerprint density at radius 2 is 1.95 bits per heavy atom. The molecule has 0 fully saturated rings. The first kappa shape index (κ1) is 15.3. The van der Waals surface area contributed by atoms with Gasteiger partial charge in [0.25, 0.3) is 0 Å². The van der Waals surface area contributed by atoms with E-state index in [9.17, 15) is 10.1 Å². The van der Waals surface area contributed by atoms with Crippen molar-refractivity contribution in [3.05, 3.63) is 30.0 Å². The highest BCUT2D eigenvalue weighted by Gasteiger charge is 2.39. The van der Waals surface area contributed by atoms with Crippen molar-refractivity contribution in [2.75, 3.05) is 0 Å². The number of aliphatic hydroxyl groups is 1. The molecular weight excluding hydrogens is 275 g/mol. The highest BCUT2D eigenvalue weighted by molar-refractivity contribution is 7.21. The fourth-order valence-corrected chi connectivity index (χ4v) is 2.37. The normalized spacial score (nSPS) is 12.7. The fraction of sp³-hybridized carbons (Fsp3) is 0.429. The molecule has 20 heavy (non-hydrogen) atoms. The molecule has 0 atom stereocenters. The molecule has 0 amide bonds. The molecule has 2 aromatic heterocycles. The van der Waals surface area contributed by atoms with Gasteiger partial charge in [-0.1, -0.05) is 0 Å². The average molecular weight is 294 g/mol. The van der Waals surface area contributed by atoms with Crippen molar-refractivity contribution < 1.29 is 19.2 Å². The Balaban J connectivity index is 2.13. The SMILES string of the molecule is CC(C)(O)C(C)(C)OB(O)c1cc(-c2ccoc2)cs1. The van der Waals surface area contributed by atoms with Crippen molar-refractivity contribution >= 4 is 23.2 Å². The molecule has 0 unspecified atom stereocenters. The van der Waals surface area contributed by atoms with E-state index >= 15 is 0 Å². The Morgan fingerprint density at radius 1 is 1.25 bits per heavy atom. The predicted molar refractivity (Wildman–Crippen MR) is 81.1 cm³/mol. The van der Waals surface area contributed by atoms with Crippen molar-refractivity contribution in [1.29, 1.82) is 0 Å². The molecule has 2 heterocycles. The Bertz CT molecular complexity index is 554. The second-order valence-electron chi connectivity index (χ2n) is 5.79. The van der Waals surface area contributed by atoms with E-state index in [2.05, 4.69) is 0 Å². The van der Waals surface area contributed by atoms with Crippen LogP contribution in [0, 0.1) is 0 Å². The van der Waals surface area contributed by atoms with Crippen molar-refractivity contribution in [1.82, 2.24) is 0 Å². The monoisotopic (exact) mass is 294 g/mol. The second kappa shape index (κ2) is 5.37. The quantitative estimate of drug-likeness (QED) is 0.830. The summed E-state index contributed by atoms with van der Waals surface area (Å²) in [6.45, 7) is 6.82. The van der Waals surface area contributed by atoms with Gasteiger partial charge < -0.3 is 19.2 Å². The first-order valence-electron chi connectivity index (χ1n) is 6.40. The molecule has 6 heteroatoms. The summed E-state index contributed by atoms with van der Waals surface area (Å²) in [6.07, 6.45) is 3.26. The zero-order valence-corrected chi connectivity index (χ0v) is 12.9. The van der Waals surface area contributed by atoms with Crippen LogP contribution in [0.1, 0.15) is 27.7 Å². The minimum Gasteiger partial charge on any atom is -0.472 e. The Hall–Kier alpha value is -1.08. The van der Waals surface area contributed by atoms with E-state index in [0.717, 1.165) is 11.1 Å². The van der Waals surface area contributed by atoms with Gasteiger partial charge in [-0.05, 0) is 50.8 Å². The number of thiophene rings is 1. The van der Waals surface area contributed by atoms with Crippen LogP contribution in [-0.4, -0.2) is 28.5 Å². The Morgan fingerprint density at radius 3 is 2.50 bits per heavy atom. The smallest absolute Gasteiger partial charge is 0.472 e. The first-order valence-corrected chi connectivity index (χ1v) is 7.28. The highest BCUT2D eigenvalue weighted by atomic mass is 32.1. The summed E-state index contributed by atoms with van der Waals surface area (Å²) in [5, 5.41) is 22.2. The van der Waals surface area contributed by atoms with Crippen LogP contribution in [0.3, 0.4) is 0 Å². The summed E-state index contributed by atoms with van der Waals surface area (Å²) in [5.41, 5.74) is 0.00842. The van der Waals surface area contributed by atoms with Crippen LogP contribution >= 0.6 is 11.3 Å². The second-order valence-corrected chi connectivity index (χ2v) is 6.73. The molecule has 0 spiro atoms. The van der Waals surface area contributed by atoms with Gasteiger partial charge in [-0.15, -0.1) is 0 Å². The van der Waals surface area contributed by atoms with Crippen molar-refractivity contribution in [2.24, 2.45) is 0 Å². The third kappa shape index (κ3) is 3.15. The molecule has 2 N–H and O–H groups in total. The Labute approximate surface area is 123 Å². The van der Waals surface area contributed by atoms with Gasteiger partial charge in [-0.25, -0.2) is 0 Å². The molecule has 0 saturated carbocycles. The number of furan rings is 1. The largest absolute Gasteiger partial charge is 0.502 e. The Kier molecular flexibility index (Phi) is 4.11. The van der Waals surface area contributed by atoms with Gasteiger partial charge in [-0.2, -0.15) is 11.3 Å². The van der Waals surface area contributed by atoms with Crippen LogP contribution in [0.15, 0.2) is 34.5 Å². The van der Waals surface area contributed by atoms with Gasteiger partial charge in [0.1, 0.15) is 0 Å². The minimum atomic E-state index is -1.07. The van der Waals surface area contributed by atoms with Crippen molar-refractivity contribution in [2.45, 2.75) is 38.9 Å². The lowest BCUT2D eigenvalue weighted by atomic mass is 9.81. The van der Waals surface area contributed by atoms with E-state index in [0.29, 0.717) is 4.78 Å². The molecule has 0 aliphatic carbocycles. The fourth-order valence-electron chi connectivity index (χ4n) is 1.54. The van der Waals surface area contributed by atoms with Gasteiger partial charge in [-0.3, -0.25) is 0 Å². The maximum Gasteiger partial charge on any atom is 0.502 e. The van der Waals surface area contributed by atoms with Crippen LogP contribution < -0.4 is 4.78 Å². The van der Waals surface area contributed by atoms with Gasteiger partial charge in [0.15, 0.2) is 0 Å². The highest BCUT2D eigenvalue weighted by Crippen LogP contribution is 2.26. The summed E-state index contributed by atoms with van der Waals surface area (Å²) < 4.78 is 11.3. The van der Waals surface area contributed by atoms with E-state index in [1.54, 1.807) is 40.2 Å². The topological polar surface area (TPSA) is 62.8 Å². The third-order valence-corrected chi connectivity index (χ3v) is 4.56. The van der Waals surface area contributed by atoms with E-state index in [4.69, 9.17) is 9.07 Å². The maximum absolute atomic E-state index is 10.2. The molecule has 2 rings (SSSR count).